The Hall–Kier alpha value is -1.35. The minimum atomic E-state index is -0.147. The van der Waals surface area contributed by atoms with Gasteiger partial charge in [0.1, 0.15) is 0 Å². The number of carbonyl (C=O) groups excluding carboxylic acids is 1. The Balaban J connectivity index is 3.94. The van der Waals surface area contributed by atoms with Crippen molar-refractivity contribution in [2.45, 2.75) is 39.7 Å². The number of nitrogens with one attached hydrogen (secondary N) is 1. The van der Waals surface area contributed by atoms with Crippen LogP contribution in [0.2, 0.25) is 0 Å². The van der Waals surface area contributed by atoms with Crippen LogP contribution in [0, 0.1) is 0 Å². The highest BCUT2D eigenvalue weighted by atomic mass is 16.5. The fourth-order valence-corrected chi connectivity index (χ4v) is 1.46. The normalized spacial score (nSPS) is 13.6. The molecule has 3 nitrogen and oxygen atoms in total. The van der Waals surface area contributed by atoms with E-state index in [0.717, 1.165) is 13.0 Å². The van der Waals surface area contributed by atoms with Crippen LogP contribution in [0.4, 0.5) is 0 Å². The van der Waals surface area contributed by atoms with Crippen LogP contribution in [-0.2, 0) is 9.53 Å². The maximum Gasteiger partial charge on any atom is 0.307 e. The van der Waals surface area contributed by atoms with E-state index in [1.807, 2.05) is 26.8 Å². The molecule has 0 aromatic heterocycles. The van der Waals surface area contributed by atoms with Crippen molar-refractivity contribution in [1.29, 1.82) is 0 Å². The van der Waals surface area contributed by atoms with Crippen molar-refractivity contribution in [3.8, 4) is 0 Å². The third-order valence-electron chi connectivity index (χ3n) is 2.52. The number of hydrogen-bond donors (Lipinski definition) is 1. The monoisotopic (exact) mass is 251 g/mol. The molecule has 0 aliphatic carbocycles. The summed E-state index contributed by atoms with van der Waals surface area (Å²) in [4.78, 5) is 11.3. The van der Waals surface area contributed by atoms with E-state index in [1.165, 1.54) is 5.57 Å². The van der Waals surface area contributed by atoms with Crippen LogP contribution in [0.5, 0.6) is 0 Å². The first kappa shape index (κ1) is 16.6. The van der Waals surface area contributed by atoms with Crippen LogP contribution in [0.3, 0.4) is 0 Å². The van der Waals surface area contributed by atoms with Gasteiger partial charge in [0, 0.05) is 12.6 Å². The van der Waals surface area contributed by atoms with Crippen LogP contribution in [0.25, 0.3) is 0 Å². The second-order valence-corrected chi connectivity index (χ2v) is 4.11. The quantitative estimate of drug-likeness (QED) is 0.389. The fraction of sp³-hybridized carbons (Fsp3) is 0.533. The average Bonchev–Trinajstić information content (AvgIpc) is 2.33. The molecule has 0 bridgehead atoms. The standard InChI is InChI=1S/C15H25NO2/c1-5-8-9-10-14(6-2)12-16-13(4)11-15(17)18-7-3/h5-6,8-9,13,16H,1,7,10-12H2,2-4H3/b9-8-,14-6+. The van der Waals surface area contributed by atoms with Crippen LogP contribution in [0.1, 0.15) is 33.6 Å². The molecule has 3 heteroatoms. The van der Waals surface area contributed by atoms with Crippen molar-refractivity contribution in [3.63, 3.8) is 0 Å². The van der Waals surface area contributed by atoms with E-state index in [0.29, 0.717) is 13.0 Å². The Bertz CT molecular complexity index is 306. The first-order valence-corrected chi connectivity index (χ1v) is 6.44. The number of rotatable bonds is 9. The Morgan fingerprint density at radius 2 is 2.22 bits per heavy atom. The zero-order valence-electron chi connectivity index (χ0n) is 11.7. The summed E-state index contributed by atoms with van der Waals surface area (Å²) in [5, 5.41) is 3.32. The summed E-state index contributed by atoms with van der Waals surface area (Å²) in [6.07, 6.45) is 9.18. The summed E-state index contributed by atoms with van der Waals surface area (Å²) in [5.41, 5.74) is 1.30. The van der Waals surface area contributed by atoms with E-state index < -0.39 is 0 Å². The number of ether oxygens (including phenoxy) is 1. The van der Waals surface area contributed by atoms with E-state index in [1.54, 1.807) is 6.08 Å². The molecule has 0 rings (SSSR count). The van der Waals surface area contributed by atoms with Crippen molar-refractivity contribution in [2.24, 2.45) is 0 Å². The lowest BCUT2D eigenvalue weighted by molar-refractivity contribution is -0.143. The van der Waals surface area contributed by atoms with Crippen LogP contribution in [0.15, 0.2) is 36.5 Å². The predicted octanol–water partition coefficient (Wildman–Crippen LogP) is 3.00. The zero-order chi connectivity index (χ0) is 13.8. The molecule has 0 heterocycles. The summed E-state index contributed by atoms with van der Waals surface area (Å²) < 4.78 is 4.91. The second kappa shape index (κ2) is 10.8. The maximum absolute atomic E-state index is 11.3. The molecule has 1 atom stereocenters. The molecule has 0 aliphatic heterocycles. The molecule has 0 aromatic carbocycles. The van der Waals surface area contributed by atoms with Gasteiger partial charge in [0.25, 0.3) is 0 Å². The van der Waals surface area contributed by atoms with Crippen LogP contribution >= 0.6 is 0 Å². The van der Waals surface area contributed by atoms with E-state index in [2.05, 4.69) is 24.0 Å². The largest absolute Gasteiger partial charge is 0.466 e. The topological polar surface area (TPSA) is 38.3 Å². The van der Waals surface area contributed by atoms with E-state index in [9.17, 15) is 4.79 Å². The number of allylic oxidation sites excluding steroid dienone is 4. The Morgan fingerprint density at radius 1 is 1.50 bits per heavy atom. The molecular weight excluding hydrogens is 226 g/mol. The van der Waals surface area contributed by atoms with Gasteiger partial charge in [-0.25, -0.2) is 0 Å². The molecule has 0 aliphatic rings. The van der Waals surface area contributed by atoms with Gasteiger partial charge in [0.15, 0.2) is 0 Å². The van der Waals surface area contributed by atoms with Gasteiger partial charge in [-0.2, -0.15) is 0 Å². The predicted molar refractivity (Wildman–Crippen MR) is 76.4 cm³/mol. The van der Waals surface area contributed by atoms with E-state index in [4.69, 9.17) is 4.74 Å². The SMILES string of the molecule is C=C/C=C\C/C(=C\C)CNC(C)CC(=O)OCC. The fourth-order valence-electron chi connectivity index (χ4n) is 1.46. The molecule has 1 N–H and O–H groups in total. The Morgan fingerprint density at radius 3 is 2.78 bits per heavy atom. The maximum atomic E-state index is 11.3. The van der Waals surface area contributed by atoms with Crippen molar-refractivity contribution in [3.05, 3.63) is 36.5 Å². The minimum absolute atomic E-state index is 0.127. The Kier molecular flexibility index (Phi) is 9.97. The molecular formula is C15H25NO2. The second-order valence-electron chi connectivity index (χ2n) is 4.11. The number of hydrogen-bond acceptors (Lipinski definition) is 3. The van der Waals surface area contributed by atoms with Gasteiger partial charge in [-0.15, -0.1) is 0 Å². The summed E-state index contributed by atoms with van der Waals surface area (Å²) in [6.45, 7) is 10.7. The molecule has 18 heavy (non-hydrogen) atoms. The van der Waals surface area contributed by atoms with Gasteiger partial charge in [0.2, 0.25) is 0 Å². The number of esters is 1. The third kappa shape index (κ3) is 8.76. The highest BCUT2D eigenvalue weighted by Gasteiger charge is 2.09. The number of carbonyl (C=O) groups is 1. The van der Waals surface area contributed by atoms with Crippen LogP contribution in [-0.4, -0.2) is 25.2 Å². The Labute approximate surface area is 111 Å². The lowest BCUT2D eigenvalue weighted by Gasteiger charge is -2.14. The highest BCUT2D eigenvalue weighted by Crippen LogP contribution is 2.03. The average molecular weight is 251 g/mol. The van der Waals surface area contributed by atoms with Gasteiger partial charge in [-0.1, -0.05) is 36.5 Å². The zero-order valence-corrected chi connectivity index (χ0v) is 11.7. The summed E-state index contributed by atoms with van der Waals surface area (Å²) in [6, 6.07) is 0.127. The first-order valence-electron chi connectivity index (χ1n) is 6.44. The third-order valence-corrected chi connectivity index (χ3v) is 2.52. The van der Waals surface area contributed by atoms with E-state index in [-0.39, 0.29) is 12.0 Å². The summed E-state index contributed by atoms with van der Waals surface area (Å²) in [7, 11) is 0. The molecule has 1 unspecified atom stereocenters. The molecule has 0 radical (unpaired) electrons. The smallest absolute Gasteiger partial charge is 0.307 e. The van der Waals surface area contributed by atoms with Gasteiger partial charge in [0.05, 0.1) is 13.0 Å². The molecule has 0 spiro atoms. The van der Waals surface area contributed by atoms with Crippen molar-refractivity contribution < 1.29 is 9.53 Å². The van der Waals surface area contributed by atoms with E-state index >= 15 is 0 Å². The summed E-state index contributed by atoms with van der Waals surface area (Å²) >= 11 is 0. The van der Waals surface area contributed by atoms with Crippen molar-refractivity contribution in [2.75, 3.05) is 13.2 Å². The molecule has 0 saturated heterocycles. The van der Waals surface area contributed by atoms with Gasteiger partial charge in [-0.3, -0.25) is 4.79 Å². The minimum Gasteiger partial charge on any atom is -0.466 e. The highest BCUT2D eigenvalue weighted by molar-refractivity contribution is 5.70. The first-order chi connectivity index (χ1) is 8.63. The molecule has 0 aromatic rings. The lowest BCUT2D eigenvalue weighted by Crippen LogP contribution is -2.30. The van der Waals surface area contributed by atoms with Gasteiger partial charge < -0.3 is 10.1 Å². The van der Waals surface area contributed by atoms with Crippen molar-refractivity contribution in [1.82, 2.24) is 5.32 Å². The summed E-state index contributed by atoms with van der Waals surface area (Å²) in [5.74, 6) is -0.147. The molecule has 0 amide bonds. The van der Waals surface area contributed by atoms with Gasteiger partial charge >= 0.3 is 5.97 Å². The lowest BCUT2D eigenvalue weighted by atomic mass is 10.1. The van der Waals surface area contributed by atoms with Crippen molar-refractivity contribution >= 4 is 5.97 Å². The molecule has 0 saturated carbocycles. The molecule has 102 valence electrons. The molecule has 0 fully saturated rings. The van der Waals surface area contributed by atoms with Crippen LogP contribution < -0.4 is 5.32 Å². The van der Waals surface area contributed by atoms with Gasteiger partial charge in [-0.05, 0) is 27.2 Å².